The number of carbonyl (C=O) groups is 1. The summed E-state index contributed by atoms with van der Waals surface area (Å²) in [4.78, 5) is 12.2. The van der Waals surface area contributed by atoms with Crippen molar-refractivity contribution in [1.29, 1.82) is 0 Å². The van der Waals surface area contributed by atoms with Crippen molar-refractivity contribution in [3.63, 3.8) is 0 Å². The first-order valence-corrected chi connectivity index (χ1v) is 5.46. The molecule has 0 aliphatic rings. The Balaban J connectivity index is 2.13. The summed E-state index contributed by atoms with van der Waals surface area (Å²) in [6.07, 6.45) is 0. The molecule has 0 amide bonds. The Morgan fingerprint density at radius 2 is 1.74 bits per heavy atom. The number of para-hydroxylation sites is 1. The van der Waals surface area contributed by atoms with E-state index in [4.69, 9.17) is 0 Å². The van der Waals surface area contributed by atoms with Gasteiger partial charge < -0.3 is 0 Å². The highest BCUT2D eigenvalue weighted by atomic mass is 19.1. The molecule has 6 heteroatoms. The highest BCUT2D eigenvalue weighted by Gasteiger charge is 2.15. The van der Waals surface area contributed by atoms with Crippen molar-refractivity contribution in [2.45, 2.75) is 0 Å². The van der Waals surface area contributed by atoms with Crippen LogP contribution >= 0.6 is 0 Å². The minimum atomic E-state index is -0.812. The summed E-state index contributed by atoms with van der Waals surface area (Å²) in [6, 6.07) is 9.45. The molecule has 3 rings (SSSR count). The lowest BCUT2D eigenvalue weighted by Crippen LogP contribution is -2.14. The van der Waals surface area contributed by atoms with E-state index in [9.17, 15) is 13.6 Å². The number of hydrogen-bond acceptors (Lipinski definition) is 3. The topological polar surface area (TPSA) is 47.8 Å². The molecule has 1 aromatic heterocycles. The standard InChI is InChI=1S/C13H7F2N3O/c14-9-5-8(6-10(15)7-9)13(19)18-12-4-2-1-3-11(12)16-17-18/h1-7H. The smallest absolute Gasteiger partial charge is 0.267 e. The van der Waals surface area contributed by atoms with Crippen LogP contribution in [0, 0.1) is 11.6 Å². The molecule has 4 nitrogen and oxygen atoms in total. The molecule has 2 aromatic carbocycles. The van der Waals surface area contributed by atoms with Gasteiger partial charge in [0.25, 0.3) is 5.91 Å². The maximum Gasteiger partial charge on any atom is 0.280 e. The zero-order valence-corrected chi connectivity index (χ0v) is 9.55. The van der Waals surface area contributed by atoms with Crippen LogP contribution in [-0.2, 0) is 0 Å². The van der Waals surface area contributed by atoms with E-state index in [1.807, 2.05) is 0 Å². The summed E-state index contributed by atoms with van der Waals surface area (Å²) in [7, 11) is 0. The number of halogens is 2. The molecule has 19 heavy (non-hydrogen) atoms. The summed E-state index contributed by atoms with van der Waals surface area (Å²) in [5, 5.41) is 7.52. The maximum atomic E-state index is 13.1. The van der Waals surface area contributed by atoms with Crippen LogP contribution in [0.3, 0.4) is 0 Å². The highest BCUT2D eigenvalue weighted by molar-refractivity contribution is 6.00. The predicted octanol–water partition coefficient (Wildman–Crippen LogP) is 2.40. The Hall–Kier alpha value is -2.63. The van der Waals surface area contributed by atoms with Crippen molar-refractivity contribution < 1.29 is 13.6 Å². The average Bonchev–Trinajstić information content (AvgIpc) is 2.80. The van der Waals surface area contributed by atoms with Crippen LogP contribution in [-0.4, -0.2) is 20.9 Å². The first-order valence-electron chi connectivity index (χ1n) is 5.46. The summed E-state index contributed by atoms with van der Waals surface area (Å²) < 4.78 is 27.2. The van der Waals surface area contributed by atoms with Gasteiger partial charge in [0.15, 0.2) is 0 Å². The summed E-state index contributed by atoms with van der Waals surface area (Å²) in [6.45, 7) is 0. The fourth-order valence-electron chi connectivity index (χ4n) is 1.82. The lowest BCUT2D eigenvalue weighted by molar-refractivity contribution is 0.0947. The second-order valence-corrected chi connectivity index (χ2v) is 3.95. The summed E-state index contributed by atoms with van der Waals surface area (Å²) >= 11 is 0. The van der Waals surface area contributed by atoms with Gasteiger partial charge in [-0.3, -0.25) is 4.79 Å². The highest BCUT2D eigenvalue weighted by Crippen LogP contribution is 2.14. The van der Waals surface area contributed by atoms with Gasteiger partial charge in [0.1, 0.15) is 17.2 Å². The lowest BCUT2D eigenvalue weighted by atomic mass is 10.2. The van der Waals surface area contributed by atoms with Gasteiger partial charge in [-0.25, -0.2) is 8.78 Å². The number of rotatable bonds is 1. The predicted molar refractivity (Wildman–Crippen MR) is 63.6 cm³/mol. The van der Waals surface area contributed by atoms with E-state index in [2.05, 4.69) is 10.3 Å². The van der Waals surface area contributed by atoms with E-state index in [0.717, 1.165) is 16.8 Å². The fourth-order valence-corrected chi connectivity index (χ4v) is 1.82. The van der Waals surface area contributed by atoms with E-state index >= 15 is 0 Å². The van der Waals surface area contributed by atoms with E-state index < -0.39 is 17.5 Å². The van der Waals surface area contributed by atoms with Crippen LogP contribution in [0.25, 0.3) is 11.0 Å². The van der Waals surface area contributed by atoms with Gasteiger partial charge in [0.2, 0.25) is 0 Å². The molecular formula is C13H7F2N3O. The molecule has 0 aliphatic heterocycles. The fraction of sp³-hybridized carbons (Fsp3) is 0. The monoisotopic (exact) mass is 259 g/mol. The van der Waals surface area contributed by atoms with Crippen molar-refractivity contribution in [1.82, 2.24) is 15.0 Å². The number of benzene rings is 2. The van der Waals surface area contributed by atoms with Crippen molar-refractivity contribution in [2.75, 3.05) is 0 Å². The molecule has 0 unspecified atom stereocenters. The molecule has 0 saturated carbocycles. The number of carbonyl (C=O) groups excluding carboxylic acids is 1. The molecule has 0 atom stereocenters. The van der Waals surface area contributed by atoms with Crippen LogP contribution in [0.4, 0.5) is 8.78 Å². The van der Waals surface area contributed by atoms with Gasteiger partial charge in [-0.05, 0) is 24.3 Å². The third-order valence-corrected chi connectivity index (χ3v) is 2.65. The largest absolute Gasteiger partial charge is 0.280 e. The van der Waals surface area contributed by atoms with Gasteiger partial charge in [0.05, 0.1) is 5.52 Å². The minimum Gasteiger partial charge on any atom is -0.267 e. The average molecular weight is 259 g/mol. The number of nitrogens with zero attached hydrogens (tertiary/aromatic N) is 3. The van der Waals surface area contributed by atoms with E-state index in [0.29, 0.717) is 17.1 Å². The Morgan fingerprint density at radius 3 is 2.47 bits per heavy atom. The second-order valence-electron chi connectivity index (χ2n) is 3.95. The van der Waals surface area contributed by atoms with Gasteiger partial charge in [-0.2, -0.15) is 4.68 Å². The molecule has 1 heterocycles. The zero-order chi connectivity index (χ0) is 13.4. The van der Waals surface area contributed by atoms with Crippen molar-refractivity contribution >= 4 is 16.9 Å². The Bertz CT molecular complexity index is 762. The van der Waals surface area contributed by atoms with E-state index in [-0.39, 0.29) is 5.56 Å². The molecule has 0 fully saturated rings. The van der Waals surface area contributed by atoms with Gasteiger partial charge in [-0.1, -0.05) is 17.3 Å². The maximum absolute atomic E-state index is 13.1. The normalized spacial score (nSPS) is 10.8. The van der Waals surface area contributed by atoms with E-state index in [1.54, 1.807) is 24.3 Å². The minimum absolute atomic E-state index is 0.117. The quantitative estimate of drug-likeness (QED) is 0.674. The second kappa shape index (κ2) is 4.24. The van der Waals surface area contributed by atoms with Crippen LogP contribution in [0.15, 0.2) is 42.5 Å². The Kier molecular flexibility index (Phi) is 2.56. The van der Waals surface area contributed by atoms with Crippen LogP contribution in [0.1, 0.15) is 10.4 Å². The van der Waals surface area contributed by atoms with Crippen molar-refractivity contribution in [3.05, 3.63) is 59.7 Å². The SMILES string of the molecule is O=C(c1cc(F)cc(F)c1)n1nnc2ccccc21. The van der Waals surface area contributed by atoms with Gasteiger partial charge in [0, 0.05) is 11.6 Å². The van der Waals surface area contributed by atoms with E-state index in [1.165, 1.54) is 0 Å². The molecule has 0 N–H and O–H groups in total. The molecule has 94 valence electrons. The van der Waals surface area contributed by atoms with Crippen molar-refractivity contribution in [3.8, 4) is 0 Å². The first kappa shape index (κ1) is 11.5. The molecule has 0 bridgehead atoms. The zero-order valence-electron chi connectivity index (χ0n) is 9.55. The lowest BCUT2D eigenvalue weighted by Gasteiger charge is -2.02. The molecule has 0 saturated heterocycles. The molecule has 0 radical (unpaired) electrons. The number of hydrogen-bond donors (Lipinski definition) is 0. The van der Waals surface area contributed by atoms with Crippen LogP contribution in [0.2, 0.25) is 0 Å². The number of fused-ring (bicyclic) bond motifs is 1. The van der Waals surface area contributed by atoms with Gasteiger partial charge >= 0.3 is 0 Å². The molecular weight excluding hydrogens is 252 g/mol. The number of aromatic nitrogens is 3. The van der Waals surface area contributed by atoms with Crippen molar-refractivity contribution in [2.24, 2.45) is 0 Å². The summed E-state index contributed by atoms with van der Waals surface area (Å²) in [5.74, 6) is -2.26. The first-order chi connectivity index (χ1) is 9.15. The third kappa shape index (κ3) is 1.97. The van der Waals surface area contributed by atoms with Crippen LogP contribution < -0.4 is 0 Å². The van der Waals surface area contributed by atoms with Crippen LogP contribution in [0.5, 0.6) is 0 Å². The Labute approximate surface area is 106 Å². The third-order valence-electron chi connectivity index (χ3n) is 2.65. The molecule has 0 spiro atoms. The summed E-state index contributed by atoms with van der Waals surface area (Å²) in [5.41, 5.74) is 0.901. The van der Waals surface area contributed by atoms with Gasteiger partial charge in [-0.15, -0.1) is 5.10 Å². The molecule has 0 aliphatic carbocycles. The Morgan fingerprint density at radius 1 is 1.05 bits per heavy atom. The molecule has 3 aromatic rings.